The number of thiophene rings is 1. The number of nitrogens with one attached hydrogen (secondary N) is 2. The molecule has 0 saturated heterocycles. The van der Waals surface area contributed by atoms with E-state index in [-0.39, 0.29) is 11.8 Å². The first kappa shape index (κ1) is 20.8. The predicted molar refractivity (Wildman–Crippen MR) is 126 cm³/mol. The van der Waals surface area contributed by atoms with Gasteiger partial charge in [0.05, 0.1) is 5.56 Å². The van der Waals surface area contributed by atoms with Gasteiger partial charge >= 0.3 is 0 Å². The topological polar surface area (TPSA) is 63.1 Å². The average molecular weight is 440 g/mol. The summed E-state index contributed by atoms with van der Waals surface area (Å²) in [6.07, 6.45) is 5.37. The Labute approximate surface area is 184 Å². The number of nitrogens with zero attached hydrogens (tertiary/aromatic N) is 1. The predicted octanol–water partition coefficient (Wildman–Crippen LogP) is 5.57. The molecular weight excluding hydrogens is 414 g/mol. The molecule has 1 aliphatic rings. The molecule has 1 aromatic carbocycles. The maximum absolute atomic E-state index is 13.3. The second-order valence-corrected chi connectivity index (χ2v) is 9.94. The van der Waals surface area contributed by atoms with Crippen molar-refractivity contribution in [2.45, 2.75) is 32.4 Å². The third-order valence-electron chi connectivity index (χ3n) is 4.89. The molecule has 1 aliphatic heterocycles. The van der Waals surface area contributed by atoms with Crippen LogP contribution in [-0.4, -0.2) is 22.1 Å². The van der Waals surface area contributed by atoms with Crippen LogP contribution in [0.4, 0.5) is 11.4 Å². The van der Waals surface area contributed by atoms with Crippen LogP contribution in [0, 0.1) is 5.92 Å². The second kappa shape index (κ2) is 9.10. The van der Waals surface area contributed by atoms with Crippen molar-refractivity contribution in [3.63, 3.8) is 0 Å². The Hall–Kier alpha value is -2.51. The SMILES string of the molecule is CC(C)CC(=O)Nc1ccc(NC(=O)c2c(-n3cccc3)sc3c2CCSC3)cc1. The summed E-state index contributed by atoms with van der Waals surface area (Å²) in [5.74, 6) is 2.24. The standard InChI is InChI=1S/C23H25N3O2S2/c1-15(2)13-20(27)24-16-5-7-17(8-6-16)25-22(28)21-18-9-12-29-14-19(18)30-23(21)26-10-3-4-11-26/h3-8,10-11,15H,9,12-14H2,1-2H3,(H,24,27)(H,25,28). The van der Waals surface area contributed by atoms with Gasteiger partial charge < -0.3 is 15.2 Å². The quantitative estimate of drug-likeness (QED) is 0.528. The summed E-state index contributed by atoms with van der Waals surface area (Å²) in [5, 5.41) is 6.91. The van der Waals surface area contributed by atoms with E-state index in [4.69, 9.17) is 0 Å². The summed E-state index contributed by atoms with van der Waals surface area (Å²) in [7, 11) is 0. The fourth-order valence-corrected chi connectivity index (χ4v) is 5.96. The van der Waals surface area contributed by atoms with Gasteiger partial charge in [-0.25, -0.2) is 0 Å². The number of amides is 2. The molecular formula is C23H25N3O2S2. The molecule has 0 spiro atoms. The zero-order valence-electron chi connectivity index (χ0n) is 17.1. The molecule has 4 rings (SSSR count). The van der Waals surface area contributed by atoms with Crippen molar-refractivity contribution in [3.05, 3.63) is 64.8 Å². The first-order chi connectivity index (χ1) is 14.5. The highest BCUT2D eigenvalue weighted by Gasteiger charge is 2.26. The summed E-state index contributed by atoms with van der Waals surface area (Å²) in [6.45, 7) is 4.03. The minimum absolute atomic E-state index is 0.000853. The van der Waals surface area contributed by atoms with Crippen LogP contribution < -0.4 is 10.6 Å². The Bertz CT molecular complexity index is 1040. The van der Waals surface area contributed by atoms with Crippen LogP contribution in [0.2, 0.25) is 0 Å². The van der Waals surface area contributed by atoms with Gasteiger partial charge in [-0.05, 0) is 60.1 Å². The van der Waals surface area contributed by atoms with Crippen LogP contribution in [0.25, 0.3) is 5.00 Å². The number of carbonyl (C=O) groups is 2. The van der Waals surface area contributed by atoms with E-state index >= 15 is 0 Å². The Morgan fingerprint density at radius 1 is 1.07 bits per heavy atom. The molecule has 3 aromatic rings. The van der Waals surface area contributed by atoms with Gasteiger partial charge in [-0.1, -0.05) is 13.8 Å². The number of hydrogen-bond donors (Lipinski definition) is 2. The van der Waals surface area contributed by atoms with Crippen LogP contribution in [0.1, 0.15) is 41.1 Å². The Kier molecular flexibility index (Phi) is 6.29. The van der Waals surface area contributed by atoms with Gasteiger partial charge in [0, 0.05) is 40.8 Å². The Morgan fingerprint density at radius 2 is 1.73 bits per heavy atom. The number of hydrogen-bond acceptors (Lipinski definition) is 4. The lowest BCUT2D eigenvalue weighted by molar-refractivity contribution is -0.116. The maximum atomic E-state index is 13.3. The first-order valence-corrected chi connectivity index (χ1v) is 12.1. The molecule has 0 saturated carbocycles. The van der Waals surface area contributed by atoms with Gasteiger partial charge in [-0.3, -0.25) is 9.59 Å². The van der Waals surface area contributed by atoms with Gasteiger partial charge in [0.2, 0.25) is 5.91 Å². The van der Waals surface area contributed by atoms with Crippen LogP contribution in [0.3, 0.4) is 0 Å². The van der Waals surface area contributed by atoms with Gasteiger partial charge in [-0.15, -0.1) is 11.3 Å². The number of aromatic nitrogens is 1. The Morgan fingerprint density at radius 3 is 2.40 bits per heavy atom. The van der Waals surface area contributed by atoms with E-state index < -0.39 is 0 Å². The third kappa shape index (κ3) is 4.63. The van der Waals surface area contributed by atoms with Crippen molar-refractivity contribution in [2.24, 2.45) is 5.92 Å². The van der Waals surface area contributed by atoms with Gasteiger partial charge in [0.25, 0.3) is 5.91 Å². The van der Waals surface area contributed by atoms with E-state index in [1.54, 1.807) is 11.3 Å². The van der Waals surface area contributed by atoms with E-state index in [1.807, 2.05) is 79.0 Å². The van der Waals surface area contributed by atoms with Crippen molar-refractivity contribution in [2.75, 3.05) is 16.4 Å². The van der Waals surface area contributed by atoms with E-state index in [0.717, 1.165) is 34.2 Å². The Balaban J connectivity index is 1.53. The lowest BCUT2D eigenvalue weighted by atomic mass is 10.1. The normalized spacial score (nSPS) is 13.2. The molecule has 7 heteroatoms. The largest absolute Gasteiger partial charge is 0.326 e. The zero-order chi connectivity index (χ0) is 21.1. The van der Waals surface area contributed by atoms with Gasteiger partial charge in [0.15, 0.2) is 0 Å². The number of benzene rings is 1. The maximum Gasteiger partial charge on any atom is 0.258 e. The molecule has 3 heterocycles. The van der Waals surface area contributed by atoms with E-state index in [1.165, 1.54) is 10.4 Å². The molecule has 2 N–H and O–H groups in total. The van der Waals surface area contributed by atoms with Crippen molar-refractivity contribution in [1.82, 2.24) is 4.57 Å². The highest BCUT2D eigenvalue weighted by molar-refractivity contribution is 7.98. The molecule has 30 heavy (non-hydrogen) atoms. The zero-order valence-corrected chi connectivity index (χ0v) is 18.7. The molecule has 5 nitrogen and oxygen atoms in total. The molecule has 2 aromatic heterocycles. The van der Waals surface area contributed by atoms with E-state index in [9.17, 15) is 9.59 Å². The van der Waals surface area contributed by atoms with Crippen molar-refractivity contribution in [1.29, 1.82) is 0 Å². The molecule has 0 radical (unpaired) electrons. The number of thioether (sulfide) groups is 1. The highest BCUT2D eigenvalue weighted by Crippen LogP contribution is 2.38. The van der Waals surface area contributed by atoms with E-state index in [2.05, 4.69) is 10.6 Å². The summed E-state index contributed by atoms with van der Waals surface area (Å²) >= 11 is 3.62. The van der Waals surface area contributed by atoms with Crippen molar-refractivity contribution < 1.29 is 9.59 Å². The molecule has 156 valence electrons. The van der Waals surface area contributed by atoms with Crippen LogP contribution in [0.5, 0.6) is 0 Å². The fourth-order valence-electron chi connectivity index (χ4n) is 3.52. The molecule has 0 unspecified atom stereocenters. The molecule has 0 aliphatic carbocycles. The molecule has 2 amide bonds. The lowest BCUT2D eigenvalue weighted by Crippen LogP contribution is -2.17. The smallest absolute Gasteiger partial charge is 0.258 e. The van der Waals surface area contributed by atoms with Crippen LogP contribution in [0.15, 0.2) is 48.8 Å². The lowest BCUT2D eigenvalue weighted by Gasteiger charge is -2.13. The summed E-state index contributed by atoms with van der Waals surface area (Å²) < 4.78 is 2.02. The number of rotatable bonds is 6. The minimum atomic E-state index is -0.0836. The summed E-state index contributed by atoms with van der Waals surface area (Å²) in [6, 6.07) is 11.2. The highest BCUT2D eigenvalue weighted by atomic mass is 32.2. The number of carbonyl (C=O) groups excluding carboxylic acids is 2. The van der Waals surface area contributed by atoms with Crippen LogP contribution in [-0.2, 0) is 17.0 Å². The molecule has 0 bridgehead atoms. The average Bonchev–Trinajstić information content (AvgIpc) is 3.36. The second-order valence-electron chi connectivity index (χ2n) is 7.75. The summed E-state index contributed by atoms with van der Waals surface area (Å²) in [4.78, 5) is 26.5. The van der Waals surface area contributed by atoms with Gasteiger partial charge in [0.1, 0.15) is 5.00 Å². The monoisotopic (exact) mass is 439 g/mol. The number of fused-ring (bicyclic) bond motifs is 1. The third-order valence-corrected chi connectivity index (χ3v) is 7.30. The van der Waals surface area contributed by atoms with Gasteiger partial charge in [-0.2, -0.15) is 11.8 Å². The number of anilines is 2. The van der Waals surface area contributed by atoms with Crippen LogP contribution >= 0.6 is 23.1 Å². The molecule has 0 fully saturated rings. The fraction of sp³-hybridized carbons (Fsp3) is 0.304. The van der Waals surface area contributed by atoms with Crippen molar-refractivity contribution >= 4 is 46.3 Å². The van der Waals surface area contributed by atoms with Crippen molar-refractivity contribution in [3.8, 4) is 5.00 Å². The first-order valence-electron chi connectivity index (χ1n) is 10.1. The summed E-state index contributed by atoms with van der Waals surface area (Å²) in [5.41, 5.74) is 3.40. The minimum Gasteiger partial charge on any atom is -0.326 e. The molecule has 0 atom stereocenters. The van der Waals surface area contributed by atoms with E-state index in [0.29, 0.717) is 18.0 Å².